The minimum atomic E-state index is -0.198. The van der Waals surface area contributed by atoms with E-state index in [-0.39, 0.29) is 16.2 Å². The van der Waals surface area contributed by atoms with Crippen LogP contribution in [-0.4, -0.2) is 30.4 Å². The number of halogens is 1. The molecule has 1 aromatic carbocycles. The first-order valence-electron chi connectivity index (χ1n) is 10.7. The summed E-state index contributed by atoms with van der Waals surface area (Å²) in [5, 5.41) is 6.99. The highest BCUT2D eigenvalue weighted by atomic mass is 35.5. The van der Waals surface area contributed by atoms with E-state index in [1.807, 2.05) is 0 Å². The van der Waals surface area contributed by atoms with Crippen LogP contribution < -0.4 is 10.6 Å². The molecule has 1 saturated heterocycles. The van der Waals surface area contributed by atoms with Crippen LogP contribution in [0.3, 0.4) is 0 Å². The number of nitrogens with one attached hydrogen (secondary N) is 2. The summed E-state index contributed by atoms with van der Waals surface area (Å²) < 4.78 is 0. The van der Waals surface area contributed by atoms with Crippen molar-refractivity contribution in [2.75, 3.05) is 12.4 Å². The average molecular weight is 387 g/mol. The Balaban J connectivity index is 1.46. The summed E-state index contributed by atoms with van der Waals surface area (Å²) in [6, 6.07) is 11.8. The standard InChI is InChI=1S/C23H31ClN2O/c1-16-11-19(7-10-25-16)26-20(27)23-13-18-12-21(23,8-9-24)14-22(18,15-23)17-5-3-2-4-6-17/h2-6,16,18-19,25H,7-15H2,1H3,(H,26,27)/t16-,18?,19-,21+,22-,23?/m0/s1. The Morgan fingerprint density at radius 2 is 2.07 bits per heavy atom. The van der Waals surface area contributed by atoms with Gasteiger partial charge in [-0.05, 0) is 80.7 Å². The molecule has 6 atom stereocenters. The van der Waals surface area contributed by atoms with E-state index >= 15 is 0 Å². The molecule has 6 rings (SSSR count). The molecule has 5 fully saturated rings. The second kappa shape index (κ2) is 6.22. The van der Waals surface area contributed by atoms with Gasteiger partial charge in [-0.2, -0.15) is 0 Å². The van der Waals surface area contributed by atoms with Crippen LogP contribution >= 0.6 is 11.6 Å². The Hall–Kier alpha value is -1.06. The van der Waals surface area contributed by atoms with Crippen molar-refractivity contribution in [1.29, 1.82) is 0 Å². The van der Waals surface area contributed by atoms with Gasteiger partial charge in [0.15, 0.2) is 0 Å². The molecule has 1 amide bonds. The number of piperidine rings is 1. The molecule has 0 spiro atoms. The van der Waals surface area contributed by atoms with Crippen LogP contribution in [0.5, 0.6) is 0 Å². The van der Waals surface area contributed by atoms with E-state index in [4.69, 9.17) is 11.6 Å². The molecule has 0 radical (unpaired) electrons. The van der Waals surface area contributed by atoms with Gasteiger partial charge in [0.2, 0.25) is 5.91 Å². The molecule has 2 N–H and O–H groups in total. The van der Waals surface area contributed by atoms with Crippen molar-refractivity contribution >= 4 is 17.5 Å². The van der Waals surface area contributed by atoms with E-state index in [9.17, 15) is 4.79 Å². The van der Waals surface area contributed by atoms with Crippen LogP contribution in [0.4, 0.5) is 0 Å². The monoisotopic (exact) mass is 386 g/mol. The predicted molar refractivity (Wildman–Crippen MR) is 109 cm³/mol. The minimum absolute atomic E-state index is 0.109. The van der Waals surface area contributed by atoms with Gasteiger partial charge in [-0.25, -0.2) is 0 Å². The number of hydrogen-bond donors (Lipinski definition) is 2. The number of amides is 1. The first kappa shape index (κ1) is 18.0. The third kappa shape index (κ3) is 2.40. The Labute approximate surface area is 167 Å². The van der Waals surface area contributed by atoms with E-state index in [1.54, 1.807) is 0 Å². The highest BCUT2D eigenvalue weighted by Gasteiger charge is 2.79. The highest BCUT2D eigenvalue weighted by Crippen LogP contribution is 2.82. The van der Waals surface area contributed by atoms with Crippen molar-refractivity contribution in [1.82, 2.24) is 10.6 Å². The molecule has 2 unspecified atom stereocenters. The van der Waals surface area contributed by atoms with E-state index in [2.05, 4.69) is 47.9 Å². The number of carbonyl (C=O) groups excluding carboxylic acids is 1. The van der Waals surface area contributed by atoms with E-state index in [0.29, 0.717) is 29.8 Å². The fraction of sp³-hybridized carbons (Fsp3) is 0.696. The molecule has 146 valence electrons. The van der Waals surface area contributed by atoms with Gasteiger partial charge in [-0.15, -0.1) is 11.6 Å². The lowest BCUT2D eigenvalue weighted by atomic mass is 9.65. The largest absolute Gasteiger partial charge is 0.353 e. The van der Waals surface area contributed by atoms with Gasteiger partial charge in [-0.1, -0.05) is 30.3 Å². The van der Waals surface area contributed by atoms with Crippen molar-refractivity contribution in [3.05, 3.63) is 35.9 Å². The van der Waals surface area contributed by atoms with Crippen molar-refractivity contribution in [3.8, 4) is 0 Å². The molecule has 4 saturated carbocycles. The quantitative estimate of drug-likeness (QED) is 0.751. The highest BCUT2D eigenvalue weighted by molar-refractivity contribution is 6.17. The minimum Gasteiger partial charge on any atom is -0.353 e. The zero-order valence-electron chi connectivity index (χ0n) is 16.3. The predicted octanol–water partition coefficient (Wildman–Crippen LogP) is 4.00. The summed E-state index contributed by atoms with van der Waals surface area (Å²) in [7, 11) is 0. The third-order valence-electron chi connectivity index (χ3n) is 8.61. The maximum atomic E-state index is 13.7. The molecular formula is C23H31ClN2O. The molecule has 1 heterocycles. The third-order valence-corrected chi connectivity index (χ3v) is 8.80. The fourth-order valence-corrected chi connectivity index (χ4v) is 7.94. The zero-order chi connectivity index (χ0) is 18.7. The number of alkyl halides is 1. The van der Waals surface area contributed by atoms with Crippen LogP contribution in [0.25, 0.3) is 0 Å². The van der Waals surface area contributed by atoms with E-state index in [1.165, 1.54) is 12.0 Å². The van der Waals surface area contributed by atoms with Crippen LogP contribution in [0.2, 0.25) is 0 Å². The van der Waals surface area contributed by atoms with Gasteiger partial charge in [0.05, 0.1) is 5.41 Å². The van der Waals surface area contributed by atoms with Gasteiger partial charge in [-0.3, -0.25) is 4.79 Å². The van der Waals surface area contributed by atoms with Crippen LogP contribution in [-0.2, 0) is 10.2 Å². The number of benzene rings is 1. The van der Waals surface area contributed by atoms with Crippen molar-refractivity contribution in [2.24, 2.45) is 16.7 Å². The Kier molecular flexibility index (Phi) is 4.15. The first-order chi connectivity index (χ1) is 13.0. The topological polar surface area (TPSA) is 41.1 Å². The zero-order valence-corrected chi connectivity index (χ0v) is 17.0. The smallest absolute Gasteiger partial charge is 0.227 e. The lowest BCUT2D eigenvalue weighted by Gasteiger charge is -2.41. The van der Waals surface area contributed by atoms with Gasteiger partial charge in [0.25, 0.3) is 0 Å². The molecule has 1 aliphatic heterocycles. The van der Waals surface area contributed by atoms with Crippen LogP contribution in [0.1, 0.15) is 57.4 Å². The summed E-state index contributed by atoms with van der Waals surface area (Å²) in [5.41, 5.74) is 1.56. The van der Waals surface area contributed by atoms with E-state index < -0.39 is 0 Å². The van der Waals surface area contributed by atoms with Gasteiger partial charge >= 0.3 is 0 Å². The maximum absolute atomic E-state index is 13.7. The van der Waals surface area contributed by atoms with Gasteiger partial charge < -0.3 is 10.6 Å². The Morgan fingerprint density at radius 3 is 2.81 bits per heavy atom. The summed E-state index contributed by atoms with van der Waals surface area (Å²) in [4.78, 5) is 13.7. The molecule has 1 aromatic rings. The van der Waals surface area contributed by atoms with Crippen LogP contribution in [0.15, 0.2) is 30.3 Å². The molecule has 0 aromatic heterocycles. The second-order valence-corrected chi connectivity index (χ2v) is 10.2. The first-order valence-corrected chi connectivity index (χ1v) is 11.2. The average Bonchev–Trinajstić information content (AvgIpc) is 3.32. The molecule has 3 nitrogen and oxygen atoms in total. The summed E-state index contributed by atoms with van der Waals surface area (Å²) in [5.74, 6) is 1.64. The summed E-state index contributed by atoms with van der Waals surface area (Å²) in [6.07, 6.45) is 7.49. The van der Waals surface area contributed by atoms with Gasteiger partial charge in [0, 0.05) is 18.0 Å². The lowest BCUT2D eigenvalue weighted by Crippen LogP contribution is -2.53. The van der Waals surface area contributed by atoms with Gasteiger partial charge in [0.1, 0.15) is 0 Å². The SMILES string of the molecule is C[C@H]1C[C@@H](NC(=O)C23CC4C[C@]2(CCCl)C[C@@]4(c2ccccc2)C3)CCN1. The number of rotatable bonds is 5. The van der Waals surface area contributed by atoms with Crippen molar-refractivity contribution in [2.45, 2.75) is 69.4 Å². The summed E-state index contributed by atoms with van der Waals surface area (Å²) in [6.45, 7) is 3.22. The number of carbonyl (C=O) groups is 1. The molecule has 27 heavy (non-hydrogen) atoms. The summed E-state index contributed by atoms with van der Waals surface area (Å²) >= 11 is 6.28. The van der Waals surface area contributed by atoms with Crippen LogP contribution in [0, 0.1) is 16.7 Å². The molecule has 4 heteroatoms. The van der Waals surface area contributed by atoms with Crippen molar-refractivity contribution < 1.29 is 4.79 Å². The molecule has 4 aliphatic carbocycles. The lowest BCUT2D eigenvalue weighted by molar-refractivity contribution is -0.136. The molecular weight excluding hydrogens is 356 g/mol. The fourth-order valence-electron chi connectivity index (χ4n) is 7.58. The Bertz CT molecular complexity index is 739. The molecule has 5 aliphatic rings. The maximum Gasteiger partial charge on any atom is 0.227 e. The molecule has 4 bridgehead atoms. The van der Waals surface area contributed by atoms with Crippen molar-refractivity contribution in [3.63, 3.8) is 0 Å². The van der Waals surface area contributed by atoms with E-state index in [0.717, 1.165) is 45.1 Å². The second-order valence-electron chi connectivity index (χ2n) is 9.83. The Morgan fingerprint density at radius 1 is 1.26 bits per heavy atom. The normalized spacial score (nSPS) is 44.7. The number of hydrogen-bond acceptors (Lipinski definition) is 2.